The van der Waals surface area contributed by atoms with Crippen molar-refractivity contribution in [1.29, 1.82) is 0 Å². The molecular weight excluding hydrogens is 290 g/mol. The van der Waals surface area contributed by atoms with E-state index in [1.54, 1.807) is 35.6 Å². The molecule has 0 saturated carbocycles. The Hall–Kier alpha value is -2.43. The summed E-state index contributed by atoms with van der Waals surface area (Å²) in [4.78, 5) is 22.9. The fourth-order valence-electron chi connectivity index (χ4n) is 2.18. The van der Waals surface area contributed by atoms with Crippen LogP contribution < -0.4 is 9.64 Å². The highest BCUT2D eigenvalue weighted by molar-refractivity contribution is 6.06. The van der Waals surface area contributed by atoms with E-state index in [0.29, 0.717) is 11.4 Å². The first-order chi connectivity index (χ1) is 11.0. The Morgan fingerprint density at radius 2 is 2.04 bits per heavy atom. The molecule has 5 heteroatoms. The number of anilines is 1. The van der Waals surface area contributed by atoms with Crippen LogP contribution in [0.1, 0.15) is 44.5 Å². The van der Waals surface area contributed by atoms with Crippen molar-refractivity contribution in [3.8, 4) is 5.88 Å². The summed E-state index contributed by atoms with van der Waals surface area (Å²) in [6.07, 6.45) is 5.93. The number of aromatic nitrogens is 2. The highest BCUT2D eigenvalue weighted by Crippen LogP contribution is 2.20. The van der Waals surface area contributed by atoms with Crippen molar-refractivity contribution in [3.63, 3.8) is 0 Å². The molecule has 2 heterocycles. The Morgan fingerprint density at radius 3 is 2.65 bits per heavy atom. The summed E-state index contributed by atoms with van der Waals surface area (Å²) in [5.41, 5.74) is 1.32. The van der Waals surface area contributed by atoms with Gasteiger partial charge < -0.3 is 9.64 Å². The molecule has 0 N–H and O–H groups in total. The largest absolute Gasteiger partial charge is 0.475 e. The molecule has 0 bridgehead atoms. The van der Waals surface area contributed by atoms with Crippen molar-refractivity contribution >= 4 is 11.6 Å². The number of amides is 1. The predicted molar refractivity (Wildman–Crippen MR) is 90.8 cm³/mol. The Morgan fingerprint density at radius 1 is 1.26 bits per heavy atom. The lowest BCUT2D eigenvalue weighted by Gasteiger charge is -2.26. The van der Waals surface area contributed by atoms with E-state index in [0.717, 1.165) is 12.1 Å². The van der Waals surface area contributed by atoms with Crippen LogP contribution in [0.3, 0.4) is 0 Å². The molecule has 122 valence electrons. The SMILES string of the molecule is CC[C@H](C)Oc1cc(C(=O)N(c2cccnc2)C(C)C)ccn1. The first-order valence-corrected chi connectivity index (χ1v) is 7.89. The molecule has 0 spiro atoms. The van der Waals surface area contributed by atoms with Gasteiger partial charge in [-0.1, -0.05) is 6.92 Å². The molecule has 0 aromatic carbocycles. The second kappa shape index (κ2) is 7.72. The van der Waals surface area contributed by atoms with E-state index in [1.807, 2.05) is 39.8 Å². The molecule has 1 amide bonds. The van der Waals surface area contributed by atoms with Gasteiger partial charge in [0.2, 0.25) is 5.88 Å². The van der Waals surface area contributed by atoms with E-state index in [-0.39, 0.29) is 18.1 Å². The van der Waals surface area contributed by atoms with Crippen LogP contribution in [0.2, 0.25) is 0 Å². The van der Waals surface area contributed by atoms with E-state index in [9.17, 15) is 4.79 Å². The average Bonchev–Trinajstić information content (AvgIpc) is 2.55. The van der Waals surface area contributed by atoms with Crippen LogP contribution in [0.5, 0.6) is 5.88 Å². The van der Waals surface area contributed by atoms with Crippen molar-refractivity contribution in [2.75, 3.05) is 4.90 Å². The lowest BCUT2D eigenvalue weighted by molar-refractivity contribution is 0.0979. The minimum absolute atomic E-state index is 0.0128. The van der Waals surface area contributed by atoms with Gasteiger partial charge in [0.05, 0.1) is 18.0 Å². The average molecular weight is 313 g/mol. The molecule has 0 aliphatic heterocycles. The second-order valence-corrected chi connectivity index (χ2v) is 5.70. The minimum atomic E-state index is -0.0931. The third-order valence-electron chi connectivity index (χ3n) is 3.54. The van der Waals surface area contributed by atoms with E-state index in [2.05, 4.69) is 9.97 Å². The number of hydrogen-bond donors (Lipinski definition) is 0. The standard InChI is InChI=1S/C18H23N3O2/c1-5-14(4)23-17-11-15(8-10-20-17)18(22)21(13(2)3)16-7-6-9-19-12-16/h6-14H,5H2,1-4H3/t14-/m0/s1. The number of carbonyl (C=O) groups excluding carboxylic acids is 1. The monoisotopic (exact) mass is 313 g/mol. The van der Waals surface area contributed by atoms with Gasteiger partial charge in [-0.05, 0) is 45.4 Å². The lowest BCUT2D eigenvalue weighted by Crippen LogP contribution is -2.37. The zero-order chi connectivity index (χ0) is 16.8. The van der Waals surface area contributed by atoms with Gasteiger partial charge in [0.15, 0.2) is 0 Å². The maximum atomic E-state index is 12.9. The third-order valence-corrected chi connectivity index (χ3v) is 3.54. The van der Waals surface area contributed by atoms with E-state index in [4.69, 9.17) is 4.74 Å². The summed E-state index contributed by atoms with van der Waals surface area (Å²) in [6.45, 7) is 7.97. The van der Waals surface area contributed by atoms with E-state index < -0.39 is 0 Å². The van der Waals surface area contributed by atoms with Crippen molar-refractivity contribution in [1.82, 2.24) is 9.97 Å². The van der Waals surface area contributed by atoms with Crippen molar-refractivity contribution in [3.05, 3.63) is 48.4 Å². The Labute approximate surface area is 137 Å². The molecule has 0 radical (unpaired) electrons. The molecular formula is C18H23N3O2. The van der Waals surface area contributed by atoms with Crippen LogP contribution in [-0.4, -0.2) is 28.0 Å². The molecule has 23 heavy (non-hydrogen) atoms. The van der Waals surface area contributed by atoms with Gasteiger partial charge in [-0.2, -0.15) is 0 Å². The highest BCUT2D eigenvalue weighted by atomic mass is 16.5. The molecule has 5 nitrogen and oxygen atoms in total. The number of nitrogens with zero attached hydrogens (tertiary/aromatic N) is 3. The van der Waals surface area contributed by atoms with Crippen LogP contribution in [0.4, 0.5) is 5.69 Å². The van der Waals surface area contributed by atoms with Crippen molar-refractivity contribution < 1.29 is 9.53 Å². The third kappa shape index (κ3) is 4.28. The fraction of sp³-hybridized carbons (Fsp3) is 0.389. The molecule has 0 aliphatic rings. The highest BCUT2D eigenvalue weighted by Gasteiger charge is 2.21. The zero-order valence-corrected chi connectivity index (χ0v) is 14.1. The summed E-state index contributed by atoms with van der Waals surface area (Å²) in [7, 11) is 0. The van der Waals surface area contributed by atoms with Crippen LogP contribution in [0, 0.1) is 0 Å². The molecule has 1 atom stereocenters. The molecule has 2 rings (SSSR count). The van der Waals surface area contributed by atoms with Gasteiger partial charge in [0, 0.05) is 30.1 Å². The van der Waals surface area contributed by atoms with E-state index >= 15 is 0 Å². The number of ether oxygens (including phenoxy) is 1. The fourth-order valence-corrected chi connectivity index (χ4v) is 2.18. The Balaban J connectivity index is 2.29. The second-order valence-electron chi connectivity index (χ2n) is 5.70. The molecule has 2 aromatic heterocycles. The van der Waals surface area contributed by atoms with Gasteiger partial charge in [-0.15, -0.1) is 0 Å². The topological polar surface area (TPSA) is 55.3 Å². The Bertz CT molecular complexity index is 644. The van der Waals surface area contributed by atoms with Crippen molar-refractivity contribution in [2.45, 2.75) is 46.3 Å². The normalized spacial score (nSPS) is 12.0. The molecule has 2 aromatic rings. The molecule has 0 aliphatic carbocycles. The maximum absolute atomic E-state index is 12.9. The van der Waals surface area contributed by atoms with Gasteiger partial charge in [-0.25, -0.2) is 4.98 Å². The van der Waals surface area contributed by atoms with Gasteiger partial charge in [-0.3, -0.25) is 9.78 Å². The molecule has 0 unspecified atom stereocenters. The first kappa shape index (κ1) is 16.9. The number of hydrogen-bond acceptors (Lipinski definition) is 4. The molecule has 0 saturated heterocycles. The zero-order valence-electron chi connectivity index (χ0n) is 14.1. The van der Waals surface area contributed by atoms with Crippen LogP contribution in [-0.2, 0) is 0 Å². The summed E-state index contributed by atoms with van der Waals surface area (Å²) >= 11 is 0. The van der Waals surface area contributed by atoms with Gasteiger partial charge in [0.1, 0.15) is 0 Å². The van der Waals surface area contributed by atoms with Crippen LogP contribution in [0.25, 0.3) is 0 Å². The van der Waals surface area contributed by atoms with Crippen LogP contribution >= 0.6 is 0 Å². The minimum Gasteiger partial charge on any atom is -0.475 e. The summed E-state index contributed by atoms with van der Waals surface area (Å²) in [5.74, 6) is 0.379. The summed E-state index contributed by atoms with van der Waals surface area (Å²) < 4.78 is 5.71. The Kier molecular flexibility index (Phi) is 5.68. The number of pyridine rings is 2. The number of rotatable bonds is 6. The van der Waals surface area contributed by atoms with Crippen LogP contribution in [0.15, 0.2) is 42.9 Å². The number of carbonyl (C=O) groups is 1. The summed E-state index contributed by atoms with van der Waals surface area (Å²) in [6, 6.07) is 7.11. The first-order valence-electron chi connectivity index (χ1n) is 7.89. The van der Waals surface area contributed by atoms with E-state index in [1.165, 1.54) is 0 Å². The van der Waals surface area contributed by atoms with Gasteiger partial charge >= 0.3 is 0 Å². The quantitative estimate of drug-likeness (QED) is 0.816. The lowest BCUT2D eigenvalue weighted by atomic mass is 10.2. The predicted octanol–water partition coefficient (Wildman–Crippen LogP) is 3.71. The van der Waals surface area contributed by atoms with Gasteiger partial charge in [0.25, 0.3) is 5.91 Å². The molecule has 0 fully saturated rings. The summed E-state index contributed by atoms with van der Waals surface area (Å²) in [5, 5.41) is 0. The maximum Gasteiger partial charge on any atom is 0.258 e. The van der Waals surface area contributed by atoms with Crippen molar-refractivity contribution in [2.24, 2.45) is 0 Å². The smallest absolute Gasteiger partial charge is 0.258 e.